The first kappa shape index (κ1) is 10.8. The third-order valence-electron chi connectivity index (χ3n) is 2.43. The molecule has 0 atom stereocenters. The molecule has 16 heavy (non-hydrogen) atoms. The number of nitrogens with two attached hydrogens (primary N) is 1. The van der Waals surface area contributed by atoms with Crippen LogP contribution < -0.4 is 11.1 Å². The normalized spacial score (nSPS) is 10.1. The molecule has 0 bridgehead atoms. The first-order chi connectivity index (χ1) is 7.66. The van der Waals surface area contributed by atoms with Gasteiger partial charge in [-0.2, -0.15) is 0 Å². The molecule has 0 spiro atoms. The molecule has 0 aromatic heterocycles. The molecule has 3 N–H and O–H groups in total. The Labute approximate surface area is 100 Å². The minimum absolute atomic E-state index is 0.740. The van der Waals surface area contributed by atoms with Gasteiger partial charge in [-0.15, -0.1) is 0 Å². The third-order valence-corrected chi connectivity index (χ3v) is 2.84. The van der Waals surface area contributed by atoms with Crippen molar-refractivity contribution >= 4 is 28.7 Å². The second kappa shape index (κ2) is 4.45. The SMILES string of the molecule is Cc1c(Cl)cccc1Nc1cccc(N)c1. The largest absolute Gasteiger partial charge is 0.399 e. The van der Waals surface area contributed by atoms with E-state index in [0.717, 1.165) is 27.6 Å². The zero-order chi connectivity index (χ0) is 11.5. The van der Waals surface area contributed by atoms with E-state index in [1.807, 2.05) is 49.4 Å². The van der Waals surface area contributed by atoms with Crippen LogP contribution in [0.15, 0.2) is 42.5 Å². The summed E-state index contributed by atoms with van der Waals surface area (Å²) in [5.74, 6) is 0. The van der Waals surface area contributed by atoms with Crippen LogP contribution in [0.1, 0.15) is 5.56 Å². The summed E-state index contributed by atoms with van der Waals surface area (Å²) in [6, 6.07) is 13.4. The van der Waals surface area contributed by atoms with Crippen molar-refractivity contribution in [1.82, 2.24) is 0 Å². The molecule has 82 valence electrons. The molecule has 3 heteroatoms. The minimum Gasteiger partial charge on any atom is -0.399 e. The molecule has 2 aromatic carbocycles. The number of benzene rings is 2. The molecule has 0 heterocycles. The minimum atomic E-state index is 0.740. The monoisotopic (exact) mass is 232 g/mol. The van der Waals surface area contributed by atoms with E-state index in [1.165, 1.54) is 0 Å². The number of nitrogens with one attached hydrogen (secondary N) is 1. The summed E-state index contributed by atoms with van der Waals surface area (Å²) in [7, 11) is 0. The van der Waals surface area contributed by atoms with E-state index in [0.29, 0.717) is 0 Å². The Morgan fingerprint density at radius 3 is 2.62 bits per heavy atom. The van der Waals surface area contributed by atoms with Crippen LogP contribution in [0.2, 0.25) is 5.02 Å². The molecule has 0 unspecified atom stereocenters. The Kier molecular flexibility index (Phi) is 3.02. The quantitative estimate of drug-likeness (QED) is 0.769. The van der Waals surface area contributed by atoms with Gasteiger partial charge in [0.2, 0.25) is 0 Å². The van der Waals surface area contributed by atoms with Crippen molar-refractivity contribution in [2.45, 2.75) is 6.92 Å². The molecule has 2 rings (SSSR count). The fourth-order valence-electron chi connectivity index (χ4n) is 1.51. The van der Waals surface area contributed by atoms with Crippen LogP contribution in [0, 0.1) is 6.92 Å². The highest BCUT2D eigenvalue weighted by atomic mass is 35.5. The molecule has 0 fully saturated rings. The molecular formula is C13H13ClN2. The van der Waals surface area contributed by atoms with Gasteiger partial charge in [-0.3, -0.25) is 0 Å². The van der Waals surface area contributed by atoms with E-state index >= 15 is 0 Å². The zero-order valence-corrected chi connectivity index (χ0v) is 9.75. The van der Waals surface area contributed by atoms with E-state index in [-0.39, 0.29) is 0 Å². The summed E-state index contributed by atoms with van der Waals surface area (Å²) in [5.41, 5.74) is 9.45. The average molecular weight is 233 g/mol. The number of halogens is 1. The van der Waals surface area contributed by atoms with E-state index in [4.69, 9.17) is 17.3 Å². The predicted molar refractivity (Wildman–Crippen MR) is 70.3 cm³/mol. The third kappa shape index (κ3) is 2.28. The molecule has 0 amide bonds. The zero-order valence-electron chi connectivity index (χ0n) is 9.00. The van der Waals surface area contributed by atoms with Crippen LogP contribution in [0.3, 0.4) is 0 Å². The van der Waals surface area contributed by atoms with E-state index in [2.05, 4.69) is 5.32 Å². The topological polar surface area (TPSA) is 38.0 Å². The van der Waals surface area contributed by atoms with Crippen molar-refractivity contribution in [3.05, 3.63) is 53.1 Å². The molecule has 0 aliphatic rings. The fourth-order valence-corrected chi connectivity index (χ4v) is 1.69. The number of rotatable bonds is 2. The van der Waals surface area contributed by atoms with Crippen molar-refractivity contribution in [3.8, 4) is 0 Å². The molecule has 0 radical (unpaired) electrons. The smallest absolute Gasteiger partial charge is 0.0455 e. The van der Waals surface area contributed by atoms with Gasteiger partial charge in [-0.05, 0) is 42.8 Å². The van der Waals surface area contributed by atoms with Crippen LogP contribution in [0.25, 0.3) is 0 Å². The maximum Gasteiger partial charge on any atom is 0.0455 e. The van der Waals surface area contributed by atoms with Crippen molar-refractivity contribution in [1.29, 1.82) is 0 Å². The number of hydrogen-bond acceptors (Lipinski definition) is 2. The average Bonchev–Trinajstić information content (AvgIpc) is 2.25. The van der Waals surface area contributed by atoms with Crippen molar-refractivity contribution < 1.29 is 0 Å². The Balaban J connectivity index is 2.31. The second-order valence-electron chi connectivity index (χ2n) is 3.66. The molecule has 2 aromatic rings. The van der Waals surface area contributed by atoms with Crippen LogP contribution in [0.5, 0.6) is 0 Å². The van der Waals surface area contributed by atoms with Crippen LogP contribution in [0.4, 0.5) is 17.1 Å². The number of hydrogen-bond donors (Lipinski definition) is 2. The van der Waals surface area contributed by atoms with Crippen LogP contribution >= 0.6 is 11.6 Å². The Morgan fingerprint density at radius 1 is 1.12 bits per heavy atom. The van der Waals surface area contributed by atoms with Gasteiger partial charge in [0.1, 0.15) is 0 Å². The van der Waals surface area contributed by atoms with E-state index < -0.39 is 0 Å². The first-order valence-corrected chi connectivity index (χ1v) is 5.42. The molecule has 2 nitrogen and oxygen atoms in total. The summed E-state index contributed by atoms with van der Waals surface area (Å²) in [6.45, 7) is 1.98. The van der Waals surface area contributed by atoms with Gasteiger partial charge >= 0.3 is 0 Å². The summed E-state index contributed by atoms with van der Waals surface area (Å²) < 4.78 is 0. The van der Waals surface area contributed by atoms with Gasteiger partial charge < -0.3 is 11.1 Å². The van der Waals surface area contributed by atoms with Crippen LogP contribution in [-0.4, -0.2) is 0 Å². The standard InChI is InChI=1S/C13H13ClN2/c1-9-12(14)6-3-7-13(9)16-11-5-2-4-10(15)8-11/h2-8,16H,15H2,1H3. The molecule has 0 aliphatic carbocycles. The second-order valence-corrected chi connectivity index (χ2v) is 4.07. The lowest BCUT2D eigenvalue weighted by molar-refractivity contribution is 1.43. The Bertz CT molecular complexity index is 509. The number of nitrogen functional groups attached to an aromatic ring is 1. The lowest BCUT2D eigenvalue weighted by atomic mass is 10.2. The summed E-state index contributed by atoms with van der Waals surface area (Å²) in [5, 5.41) is 4.05. The maximum atomic E-state index is 6.05. The van der Waals surface area contributed by atoms with Gasteiger partial charge in [0.25, 0.3) is 0 Å². The highest BCUT2D eigenvalue weighted by Gasteiger charge is 2.02. The lowest BCUT2D eigenvalue weighted by Gasteiger charge is -2.10. The molecule has 0 saturated heterocycles. The summed E-state index contributed by atoms with van der Waals surface area (Å²) in [6.07, 6.45) is 0. The maximum absolute atomic E-state index is 6.05. The highest BCUT2D eigenvalue weighted by Crippen LogP contribution is 2.26. The highest BCUT2D eigenvalue weighted by molar-refractivity contribution is 6.31. The first-order valence-electron chi connectivity index (χ1n) is 5.04. The van der Waals surface area contributed by atoms with Crippen molar-refractivity contribution in [2.24, 2.45) is 0 Å². The Hall–Kier alpha value is -1.67. The van der Waals surface area contributed by atoms with E-state index in [9.17, 15) is 0 Å². The van der Waals surface area contributed by atoms with Gasteiger partial charge in [-0.1, -0.05) is 23.7 Å². The molecular weight excluding hydrogens is 220 g/mol. The van der Waals surface area contributed by atoms with Gasteiger partial charge in [-0.25, -0.2) is 0 Å². The van der Waals surface area contributed by atoms with E-state index in [1.54, 1.807) is 0 Å². The summed E-state index contributed by atoms with van der Waals surface area (Å²) >= 11 is 6.05. The number of anilines is 3. The lowest BCUT2D eigenvalue weighted by Crippen LogP contribution is -1.94. The van der Waals surface area contributed by atoms with Gasteiger partial charge in [0, 0.05) is 22.1 Å². The summed E-state index contributed by atoms with van der Waals surface area (Å²) in [4.78, 5) is 0. The van der Waals surface area contributed by atoms with Gasteiger partial charge in [0.05, 0.1) is 0 Å². The Morgan fingerprint density at radius 2 is 1.88 bits per heavy atom. The molecule has 0 saturated carbocycles. The molecule has 0 aliphatic heterocycles. The van der Waals surface area contributed by atoms with Crippen molar-refractivity contribution in [3.63, 3.8) is 0 Å². The van der Waals surface area contributed by atoms with Crippen LogP contribution in [-0.2, 0) is 0 Å². The fraction of sp³-hybridized carbons (Fsp3) is 0.0769. The van der Waals surface area contributed by atoms with Crippen molar-refractivity contribution in [2.75, 3.05) is 11.1 Å². The predicted octanol–water partition coefficient (Wildman–Crippen LogP) is 3.97. The van der Waals surface area contributed by atoms with Gasteiger partial charge in [0.15, 0.2) is 0 Å².